The van der Waals surface area contributed by atoms with E-state index in [4.69, 9.17) is 11.0 Å². The van der Waals surface area contributed by atoms with Crippen molar-refractivity contribution in [2.45, 2.75) is 4.90 Å². The Labute approximate surface area is 119 Å². The summed E-state index contributed by atoms with van der Waals surface area (Å²) < 4.78 is 52.6. The first-order valence-electron chi connectivity index (χ1n) is 5.61. The third-order valence-electron chi connectivity index (χ3n) is 2.62. The largest absolute Gasteiger partial charge is 0.397 e. The number of rotatable bonds is 3. The van der Waals surface area contributed by atoms with Crippen molar-refractivity contribution in [3.63, 3.8) is 0 Å². The first-order chi connectivity index (χ1) is 9.83. The molecule has 5 nitrogen and oxygen atoms in total. The molecule has 0 bridgehead atoms. The molecule has 3 N–H and O–H groups in total. The molecule has 0 aliphatic carbocycles. The molecule has 2 aromatic rings. The number of hydrogen-bond acceptors (Lipinski definition) is 4. The van der Waals surface area contributed by atoms with Crippen molar-refractivity contribution in [2.24, 2.45) is 0 Å². The van der Waals surface area contributed by atoms with Crippen molar-refractivity contribution in [3.05, 3.63) is 53.6 Å². The summed E-state index contributed by atoms with van der Waals surface area (Å²) in [5, 5.41) is 8.65. The predicted molar refractivity (Wildman–Crippen MR) is 72.7 cm³/mol. The van der Waals surface area contributed by atoms with Crippen molar-refractivity contribution in [1.82, 2.24) is 0 Å². The van der Waals surface area contributed by atoms with Gasteiger partial charge in [-0.05, 0) is 30.3 Å². The van der Waals surface area contributed by atoms with E-state index in [1.54, 1.807) is 0 Å². The molecule has 0 radical (unpaired) electrons. The number of nitrogens with two attached hydrogens (primary N) is 1. The zero-order valence-corrected chi connectivity index (χ0v) is 11.3. The Morgan fingerprint density at radius 3 is 2.29 bits per heavy atom. The Hall–Kier alpha value is -2.66. The van der Waals surface area contributed by atoms with Crippen LogP contribution in [0.25, 0.3) is 0 Å². The molecule has 2 rings (SSSR count). The first kappa shape index (κ1) is 14.7. The lowest BCUT2D eigenvalue weighted by Crippen LogP contribution is -2.15. The van der Waals surface area contributed by atoms with Gasteiger partial charge in [0.25, 0.3) is 10.0 Å². The van der Waals surface area contributed by atoms with Gasteiger partial charge in [0.15, 0.2) is 5.82 Å². The van der Waals surface area contributed by atoms with Gasteiger partial charge in [0.1, 0.15) is 11.5 Å². The van der Waals surface area contributed by atoms with E-state index in [2.05, 4.69) is 0 Å². The molecule has 0 heterocycles. The number of sulfonamides is 1. The standard InChI is InChI=1S/C13H9F2N3O2S/c14-9-5-11(15)13(12(17)6-9)18-21(19,20)10-3-1-8(7-16)2-4-10/h1-6,18H,17H2. The molecule has 108 valence electrons. The van der Waals surface area contributed by atoms with Gasteiger partial charge in [0, 0.05) is 6.07 Å². The number of nitrogen functional groups attached to an aromatic ring is 1. The van der Waals surface area contributed by atoms with Gasteiger partial charge in [0.05, 0.1) is 22.2 Å². The van der Waals surface area contributed by atoms with E-state index in [-0.39, 0.29) is 16.1 Å². The maximum atomic E-state index is 13.6. The minimum absolute atomic E-state index is 0.176. The van der Waals surface area contributed by atoms with Crippen molar-refractivity contribution >= 4 is 21.4 Å². The summed E-state index contributed by atoms with van der Waals surface area (Å²) in [4.78, 5) is -0.176. The van der Waals surface area contributed by atoms with E-state index in [0.29, 0.717) is 6.07 Å². The maximum Gasteiger partial charge on any atom is 0.262 e. The quantitative estimate of drug-likeness (QED) is 0.850. The molecule has 0 unspecified atom stereocenters. The second-order valence-electron chi connectivity index (χ2n) is 4.09. The molecule has 0 saturated heterocycles. The van der Waals surface area contributed by atoms with E-state index in [0.717, 1.165) is 6.07 Å². The molecule has 0 aromatic heterocycles. The number of halogens is 2. The first-order valence-corrected chi connectivity index (χ1v) is 7.09. The third kappa shape index (κ3) is 3.09. The Kier molecular flexibility index (Phi) is 3.78. The van der Waals surface area contributed by atoms with E-state index in [9.17, 15) is 17.2 Å². The summed E-state index contributed by atoms with van der Waals surface area (Å²) in [5.41, 5.74) is 4.78. The van der Waals surface area contributed by atoms with Crippen LogP contribution in [-0.2, 0) is 10.0 Å². The maximum absolute atomic E-state index is 13.6. The van der Waals surface area contributed by atoms with Gasteiger partial charge in [-0.2, -0.15) is 5.26 Å². The molecule has 21 heavy (non-hydrogen) atoms. The van der Waals surface area contributed by atoms with Crippen molar-refractivity contribution in [2.75, 3.05) is 10.5 Å². The average molecular weight is 309 g/mol. The highest BCUT2D eigenvalue weighted by Gasteiger charge is 2.19. The van der Waals surface area contributed by atoms with E-state index in [1.165, 1.54) is 24.3 Å². The molecule has 0 atom stereocenters. The van der Waals surface area contributed by atoms with Crippen LogP contribution in [0.4, 0.5) is 20.2 Å². The van der Waals surface area contributed by atoms with E-state index < -0.39 is 27.3 Å². The molecule has 0 amide bonds. The molecule has 2 aromatic carbocycles. The molecule has 0 saturated carbocycles. The minimum atomic E-state index is -4.10. The summed E-state index contributed by atoms with van der Waals surface area (Å²) in [7, 11) is -4.10. The van der Waals surface area contributed by atoms with Gasteiger partial charge in [-0.3, -0.25) is 4.72 Å². The normalized spacial score (nSPS) is 10.9. The van der Waals surface area contributed by atoms with Crippen LogP contribution in [0.15, 0.2) is 41.3 Å². The van der Waals surface area contributed by atoms with Gasteiger partial charge < -0.3 is 5.73 Å². The van der Waals surface area contributed by atoms with Crippen LogP contribution in [0.3, 0.4) is 0 Å². The van der Waals surface area contributed by atoms with E-state index >= 15 is 0 Å². The molecule has 8 heteroatoms. The lowest BCUT2D eigenvalue weighted by Gasteiger charge is -2.11. The summed E-state index contributed by atoms with van der Waals surface area (Å²) in [6.07, 6.45) is 0. The lowest BCUT2D eigenvalue weighted by molar-refractivity contribution is 0.583. The monoisotopic (exact) mass is 309 g/mol. The number of benzene rings is 2. The number of hydrogen-bond donors (Lipinski definition) is 2. The van der Waals surface area contributed by atoms with Crippen LogP contribution in [-0.4, -0.2) is 8.42 Å². The predicted octanol–water partition coefficient (Wildman–Crippen LogP) is 2.22. The van der Waals surface area contributed by atoms with Crippen molar-refractivity contribution in [3.8, 4) is 6.07 Å². The topological polar surface area (TPSA) is 96.0 Å². The fourth-order valence-electron chi connectivity index (χ4n) is 1.60. The summed E-state index contributed by atoms with van der Waals surface area (Å²) in [5.74, 6) is -2.03. The number of anilines is 2. The van der Waals surface area contributed by atoms with Gasteiger partial charge in [-0.1, -0.05) is 0 Å². The van der Waals surface area contributed by atoms with Gasteiger partial charge in [0.2, 0.25) is 0 Å². The minimum Gasteiger partial charge on any atom is -0.397 e. The van der Waals surface area contributed by atoms with Crippen molar-refractivity contribution < 1.29 is 17.2 Å². The SMILES string of the molecule is N#Cc1ccc(S(=O)(=O)Nc2c(N)cc(F)cc2F)cc1. The van der Waals surface area contributed by atoms with Gasteiger partial charge in [-0.25, -0.2) is 17.2 Å². The average Bonchev–Trinajstić information content (AvgIpc) is 2.43. The fourth-order valence-corrected chi connectivity index (χ4v) is 2.70. The zero-order chi connectivity index (χ0) is 15.6. The Morgan fingerprint density at radius 1 is 1.14 bits per heavy atom. The van der Waals surface area contributed by atoms with E-state index in [1.807, 2.05) is 10.8 Å². The summed E-state index contributed by atoms with van der Waals surface area (Å²) >= 11 is 0. The highest BCUT2D eigenvalue weighted by atomic mass is 32.2. The number of nitrogens with one attached hydrogen (secondary N) is 1. The van der Waals surface area contributed by atoms with Crippen LogP contribution in [0, 0.1) is 23.0 Å². The highest BCUT2D eigenvalue weighted by Crippen LogP contribution is 2.26. The summed E-state index contributed by atoms with van der Waals surface area (Å²) in [6, 6.07) is 8.16. The van der Waals surface area contributed by atoms with Gasteiger partial charge in [-0.15, -0.1) is 0 Å². The van der Waals surface area contributed by atoms with Crippen LogP contribution in [0.5, 0.6) is 0 Å². The molecular weight excluding hydrogens is 300 g/mol. The van der Waals surface area contributed by atoms with Crippen LogP contribution in [0.2, 0.25) is 0 Å². The van der Waals surface area contributed by atoms with Crippen LogP contribution < -0.4 is 10.5 Å². The summed E-state index contributed by atoms with van der Waals surface area (Å²) in [6.45, 7) is 0. The Balaban J connectivity index is 2.40. The fraction of sp³-hybridized carbons (Fsp3) is 0. The molecule has 0 aliphatic rings. The molecular formula is C13H9F2N3O2S. The van der Waals surface area contributed by atoms with Crippen LogP contribution in [0.1, 0.15) is 5.56 Å². The third-order valence-corrected chi connectivity index (χ3v) is 3.98. The molecule has 0 spiro atoms. The zero-order valence-electron chi connectivity index (χ0n) is 10.5. The second-order valence-corrected chi connectivity index (χ2v) is 5.78. The van der Waals surface area contributed by atoms with Crippen LogP contribution >= 0.6 is 0 Å². The molecule has 0 aliphatic heterocycles. The number of nitrogens with zero attached hydrogens (tertiary/aromatic N) is 1. The number of nitriles is 1. The highest BCUT2D eigenvalue weighted by molar-refractivity contribution is 7.92. The smallest absolute Gasteiger partial charge is 0.262 e. The Morgan fingerprint density at radius 2 is 1.76 bits per heavy atom. The van der Waals surface area contributed by atoms with Crippen molar-refractivity contribution in [1.29, 1.82) is 5.26 Å². The second kappa shape index (κ2) is 5.38. The lowest BCUT2D eigenvalue weighted by atomic mass is 10.2. The molecule has 0 fully saturated rings. The Bertz CT molecular complexity index is 804. The van der Waals surface area contributed by atoms with Gasteiger partial charge >= 0.3 is 0 Å².